The van der Waals surface area contributed by atoms with Crippen LogP contribution in [0.5, 0.6) is 0 Å². The Hall–Kier alpha value is -2.86. The first-order chi connectivity index (χ1) is 12.2. The number of nitrogens with zero attached hydrogens (tertiary/aromatic N) is 3. The molecule has 2 amide bonds. The minimum Gasteiger partial charge on any atom is -0.348 e. The van der Waals surface area contributed by atoms with E-state index in [1.54, 1.807) is 47.9 Å². The fourth-order valence-corrected chi connectivity index (χ4v) is 3.23. The van der Waals surface area contributed by atoms with Crippen molar-refractivity contribution in [3.05, 3.63) is 77.1 Å². The topological polar surface area (TPSA) is 73.9 Å². The molecule has 126 valence electrons. The Morgan fingerprint density at radius 3 is 2.72 bits per heavy atom. The van der Waals surface area contributed by atoms with Crippen LogP contribution in [0.1, 0.15) is 23.0 Å². The lowest BCUT2D eigenvalue weighted by molar-refractivity contribution is 0.192. The van der Waals surface area contributed by atoms with Crippen LogP contribution in [-0.2, 0) is 6.42 Å². The van der Waals surface area contributed by atoms with Crippen molar-refractivity contribution < 1.29 is 4.79 Å². The van der Waals surface area contributed by atoms with Crippen molar-refractivity contribution in [2.45, 2.75) is 12.5 Å². The minimum atomic E-state index is -0.245. The number of imidazole rings is 1. The first-order valence-corrected chi connectivity index (χ1v) is 8.35. The largest absolute Gasteiger partial charge is 0.348 e. The van der Waals surface area contributed by atoms with Gasteiger partial charge in [0.2, 0.25) is 0 Å². The maximum absolute atomic E-state index is 12.9. The molecule has 7 heteroatoms. The molecule has 3 aromatic rings. The number of carbonyl (C=O) groups excluding carboxylic acids is 1. The van der Waals surface area contributed by atoms with Gasteiger partial charge in [0, 0.05) is 41.8 Å². The highest BCUT2D eigenvalue weighted by atomic mass is 35.5. The highest BCUT2D eigenvalue weighted by Gasteiger charge is 2.34. The number of amides is 2. The molecule has 25 heavy (non-hydrogen) atoms. The fraction of sp³-hybridized carbons (Fsp3) is 0.167. The zero-order valence-electron chi connectivity index (χ0n) is 13.3. The number of hydrogen-bond donors (Lipinski definition) is 2. The number of urea groups is 1. The maximum Gasteiger partial charge on any atom is 0.322 e. The Labute approximate surface area is 149 Å². The van der Waals surface area contributed by atoms with Crippen molar-refractivity contribution in [3.63, 3.8) is 0 Å². The number of hydrogen-bond acceptors (Lipinski definition) is 3. The quantitative estimate of drug-likeness (QED) is 0.738. The summed E-state index contributed by atoms with van der Waals surface area (Å²) in [6, 6.07) is 10.5. The lowest BCUT2D eigenvalue weighted by atomic mass is 9.97. The first kappa shape index (κ1) is 15.7. The van der Waals surface area contributed by atoms with Crippen LogP contribution in [0.25, 0.3) is 0 Å². The number of aromatic amines is 1. The third kappa shape index (κ3) is 3.08. The van der Waals surface area contributed by atoms with Gasteiger partial charge < -0.3 is 15.2 Å². The number of fused-ring (bicyclic) bond motifs is 1. The number of carbonyl (C=O) groups is 1. The molecule has 0 radical (unpaired) electrons. The second-order valence-corrected chi connectivity index (χ2v) is 6.27. The van der Waals surface area contributed by atoms with E-state index in [0.29, 0.717) is 17.3 Å². The van der Waals surface area contributed by atoms with Crippen LogP contribution in [0, 0.1) is 0 Å². The molecule has 3 heterocycles. The lowest BCUT2D eigenvalue weighted by Crippen LogP contribution is -2.43. The minimum absolute atomic E-state index is 0.169. The van der Waals surface area contributed by atoms with Gasteiger partial charge in [-0.3, -0.25) is 4.98 Å². The summed E-state index contributed by atoms with van der Waals surface area (Å²) >= 11 is 5.90. The molecule has 0 fully saturated rings. The third-order valence-corrected chi connectivity index (χ3v) is 4.56. The number of aromatic nitrogens is 3. The summed E-state index contributed by atoms with van der Waals surface area (Å²) in [5, 5.41) is 3.57. The van der Waals surface area contributed by atoms with Gasteiger partial charge in [-0.25, -0.2) is 9.78 Å². The average molecular weight is 354 g/mol. The van der Waals surface area contributed by atoms with Gasteiger partial charge >= 0.3 is 6.03 Å². The monoisotopic (exact) mass is 353 g/mol. The predicted octanol–water partition coefficient (Wildman–Crippen LogP) is 3.64. The van der Waals surface area contributed by atoms with Crippen molar-refractivity contribution in [1.29, 1.82) is 0 Å². The number of anilines is 1. The second kappa shape index (κ2) is 6.57. The third-order valence-electron chi connectivity index (χ3n) is 4.30. The molecule has 1 aromatic carbocycles. The van der Waals surface area contributed by atoms with E-state index in [4.69, 9.17) is 11.6 Å². The SMILES string of the molecule is O=C(Nc1ccc(Cl)cc1)N1CCc2[nH]cnc2[C@H]1c1ccncc1. The number of nitrogens with one attached hydrogen (secondary N) is 2. The van der Waals surface area contributed by atoms with Gasteiger partial charge in [0.1, 0.15) is 6.04 Å². The Balaban J connectivity index is 1.65. The molecule has 1 aliphatic heterocycles. The van der Waals surface area contributed by atoms with Crippen LogP contribution in [0.2, 0.25) is 5.02 Å². The van der Waals surface area contributed by atoms with Crippen LogP contribution in [0.15, 0.2) is 55.1 Å². The summed E-state index contributed by atoms with van der Waals surface area (Å²) in [6.07, 6.45) is 5.88. The van der Waals surface area contributed by atoms with Gasteiger partial charge in [-0.1, -0.05) is 11.6 Å². The Bertz CT molecular complexity index is 878. The summed E-state index contributed by atoms with van der Waals surface area (Å²) in [4.78, 5) is 26.4. The summed E-state index contributed by atoms with van der Waals surface area (Å²) in [7, 11) is 0. The Morgan fingerprint density at radius 1 is 1.20 bits per heavy atom. The Kier molecular flexibility index (Phi) is 4.11. The molecule has 1 atom stereocenters. The predicted molar refractivity (Wildman–Crippen MR) is 95.5 cm³/mol. The Morgan fingerprint density at radius 2 is 1.96 bits per heavy atom. The van der Waals surface area contributed by atoms with E-state index in [-0.39, 0.29) is 12.1 Å². The molecule has 0 unspecified atom stereocenters. The maximum atomic E-state index is 12.9. The van der Waals surface area contributed by atoms with Crippen LogP contribution < -0.4 is 5.32 Å². The van der Waals surface area contributed by atoms with E-state index < -0.39 is 0 Å². The molecular weight excluding hydrogens is 338 g/mol. The summed E-state index contributed by atoms with van der Waals surface area (Å²) in [6.45, 7) is 0.599. The molecule has 6 nitrogen and oxygen atoms in total. The molecule has 4 rings (SSSR count). The van der Waals surface area contributed by atoms with Gasteiger partial charge in [0.05, 0.1) is 12.0 Å². The van der Waals surface area contributed by atoms with Gasteiger partial charge in [0.25, 0.3) is 0 Å². The van der Waals surface area contributed by atoms with Gasteiger partial charge in [-0.05, 0) is 42.0 Å². The number of rotatable bonds is 2. The van der Waals surface area contributed by atoms with Gasteiger partial charge in [0.15, 0.2) is 0 Å². The lowest BCUT2D eigenvalue weighted by Gasteiger charge is -2.35. The number of H-pyrrole nitrogens is 1. The number of benzene rings is 1. The number of pyridine rings is 1. The van der Waals surface area contributed by atoms with Crippen molar-refractivity contribution in [2.24, 2.45) is 0 Å². The average Bonchev–Trinajstić information content (AvgIpc) is 3.12. The zero-order valence-corrected chi connectivity index (χ0v) is 14.1. The molecule has 0 saturated carbocycles. The van der Waals surface area contributed by atoms with Crippen LogP contribution in [0.3, 0.4) is 0 Å². The summed E-state index contributed by atoms with van der Waals surface area (Å²) in [5.74, 6) is 0. The highest BCUT2D eigenvalue weighted by Crippen LogP contribution is 2.33. The van der Waals surface area contributed by atoms with Crippen LogP contribution >= 0.6 is 11.6 Å². The van der Waals surface area contributed by atoms with Crippen LogP contribution in [0.4, 0.5) is 10.5 Å². The van der Waals surface area contributed by atoms with Gasteiger partial charge in [-0.2, -0.15) is 0 Å². The molecule has 0 spiro atoms. The second-order valence-electron chi connectivity index (χ2n) is 5.83. The van der Waals surface area contributed by atoms with Gasteiger partial charge in [-0.15, -0.1) is 0 Å². The van der Waals surface area contributed by atoms with E-state index in [0.717, 1.165) is 23.4 Å². The molecule has 2 aromatic heterocycles. The van der Waals surface area contributed by atoms with E-state index in [9.17, 15) is 4.79 Å². The van der Waals surface area contributed by atoms with Crippen LogP contribution in [-0.4, -0.2) is 32.4 Å². The molecule has 0 bridgehead atoms. The standard InChI is InChI=1S/C18H16ClN5O/c19-13-1-3-14(4-2-13)23-18(25)24-10-7-15-16(22-11-21-15)17(24)12-5-8-20-9-6-12/h1-6,8-9,11,17H,7,10H2,(H,21,22)(H,23,25)/t17-/m1/s1. The van der Waals surface area contributed by atoms with Crippen molar-refractivity contribution in [3.8, 4) is 0 Å². The summed E-state index contributed by atoms with van der Waals surface area (Å²) in [5.41, 5.74) is 3.63. The molecule has 2 N–H and O–H groups in total. The van der Waals surface area contributed by atoms with E-state index >= 15 is 0 Å². The smallest absolute Gasteiger partial charge is 0.322 e. The number of halogens is 1. The fourth-order valence-electron chi connectivity index (χ4n) is 3.11. The summed E-state index contributed by atoms with van der Waals surface area (Å²) < 4.78 is 0. The van der Waals surface area contributed by atoms with Crippen molar-refractivity contribution >= 4 is 23.3 Å². The molecular formula is C18H16ClN5O. The van der Waals surface area contributed by atoms with Crippen molar-refractivity contribution in [1.82, 2.24) is 19.9 Å². The van der Waals surface area contributed by atoms with E-state index in [2.05, 4.69) is 20.3 Å². The van der Waals surface area contributed by atoms with E-state index in [1.165, 1.54) is 0 Å². The van der Waals surface area contributed by atoms with E-state index in [1.807, 2.05) is 12.1 Å². The first-order valence-electron chi connectivity index (χ1n) is 7.97. The molecule has 0 aliphatic carbocycles. The molecule has 1 aliphatic rings. The van der Waals surface area contributed by atoms with Crippen molar-refractivity contribution in [2.75, 3.05) is 11.9 Å². The molecule has 0 saturated heterocycles. The highest BCUT2D eigenvalue weighted by molar-refractivity contribution is 6.30. The zero-order chi connectivity index (χ0) is 17.2. The normalized spacial score (nSPS) is 16.4.